The van der Waals surface area contributed by atoms with Crippen LogP contribution in [-0.4, -0.2) is 33.4 Å². The predicted molar refractivity (Wildman–Crippen MR) is 97.6 cm³/mol. The van der Waals surface area contributed by atoms with Crippen molar-refractivity contribution < 1.29 is 4.79 Å². The normalized spacial score (nSPS) is 25.0. The SMILES string of the molecule is C[C@H]1CCN(C(=O)c2ccc3nc[nH]c3c2)[C@H]2Cc3ccccc3[C@@H]12. The van der Waals surface area contributed by atoms with Crippen molar-refractivity contribution in [1.29, 1.82) is 0 Å². The summed E-state index contributed by atoms with van der Waals surface area (Å²) in [6.07, 6.45) is 3.71. The number of H-pyrrole nitrogens is 1. The molecule has 1 saturated heterocycles. The first-order valence-corrected chi connectivity index (χ1v) is 9.04. The van der Waals surface area contributed by atoms with E-state index in [-0.39, 0.29) is 11.9 Å². The lowest BCUT2D eigenvalue weighted by Gasteiger charge is -2.41. The van der Waals surface area contributed by atoms with Crippen molar-refractivity contribution >= 4 is 16.9 Å². The van der Waals surface area contributed by atoms with E-state index in [2.05, 4.69) is 46.1 Å². The van der Waals surface area contributed by atoms with E-state index < -0.39 is 0 Å². The summed E-state index contributed by atoms with van der Waals surface area (Å²) in [5, 5.41) is 0. The van der Waals surface area contributed by atoms with Gasteiger partial charge in [-0.15, -0.1) is 0 Å². The van der Waals surface area contributed by atoms with Crippen molar-refractivity contribution in [3.8, 4) is 0 Å². The Hall–Kier alpha value is -2.62. The molecule has 1 aliphatic heterocycles. The molecular formula is C21H21N3O. The number of amides is 1. The van der Waals surface area contributed by atoms with Crippen LogP contribution < -0.4 is 0 Å². The van der Waals surface area contributed by atoms with Crippen LogP contribution in [0.1, 0.15) is 40.7 Å². The second kappa shape index (κ2) is 5.45. The zero-order chi connectivity index (χ0) is 17.0. The van der Waals surface area contributed by atoms with Gasteiger partial charge in [0.1, 0.15) is 0 Å². The summed E-state index contributed by atoms with van der Waals surface area (Å²) in [6, 6.07) is 14.7. The van der Waals surface area contributed by atoms with Crippen molar-refractivity contribution in [3.05, 3.63) is 65.5 Å². The molecular weight excluding hydrogens is 310 g/mol. The third-order valence-corrected chi connectivity index (χ3v) is 6.02. The Labute approximate surface area is 146 Å². The first-order chi connectivity index (χ1) is 12.2. The zero-order valence-electron chi connectivity index (χ0n) is 14.3. The molecule has 2 aliphatic rings. The van der Waals surface area contributed by atoms with Gasteiger partial charge in [0.05, 0.1) is 17.4 Å². The minimum Gasteiger partial charge on any atom is -0.345 e. The van der Waals surface area contributed by atoms with E-state index in [4.69, 9.17) is 0 Å². The lowest BCUT2D eigenvalue weighted by molar-refractivity contribution is 0.0529. The van der Waals surface area contributed by atoms with Gasteiger partial charge < -0.3 is 9.88 Å². The van der Waals surface area contributed by atoms with Crippen LogP contribution in [0, 0.1) is 5.92 Å². The number of fused-ring (bicyclic) bond motifs is 4. The van der Waals surface area contributed by atoms with Gasteiger partial charge in [0.2, 0.25) is 0 Å². The Kier molecular flexibility index (Phi) is 3.20. The number of nitrogens with one attached hydrogen (secondary N) is 1. The minimum absolute atomic E-state index is 0.145. The highest BCUT2D eigenvalue weighted by Crippen LogP contribution is 2.45. The highest BCUT2D eigenvalue weighted by Gasteiger charge is 2.44. The van der Waals surface area contributed by atoms with Crippen LogP contribution >= 0.6 is 0 Å². The molecule has 2 heterocycles. The number of aromatic amines is 1. The second-order valence-corrected chi connectivity index (χ2v) is 7.40. The number of nitrogens with zero attached hydrogens (tertiary/aromatic N) is 2. The molecule has 1 aliphatic carbocycles. The Morgan fingerprint density at radius 2 is 2.12 bits per heavy atom. The molecule has 0 unspecified atom stereocenters. The van der Waals surface area contributed by atoms with Gasteiger partial charge in [0.15, 0.2) is 0 Å². The summed E-state index contributed by atoms with van der Waals surface area (Å²) in [6.45, 7) is 3.18. The third kappa shape index (κ3) is 2.20. The van der Waals surface area contributed by atoms with Gasteiger partial charge in [0, 0.05) is 24.1 Å². The molecule has 4 heteroatoms. The van der Waals surface area contributed by atoms with E-state index >= 15 is 0 Å². The van der Waals surface area contributed by atoms with E-state index in [1.807, 2.05) is 18.2 Å². The molecule has 4 nitrogen and oxygen atoms in total. The fourth-order valence-corrected chi connectivity index (χ4v) is 4.77. The molecule has 3 atom stereocenters. The average Bonchev–Trinajstić information content (AvgIpc) is 3.25. The average molecular weight is 331 g/mol. The summed E-state index contributed by atoms with van der Waals surface area (Å²) < 4.78 is 0. The molecule has 0 spiro atoms. The van der Waals surface area contributed by atoms with E-state index in [1.165, 1.54) is 11.1 Å². The van der Waals surface area contributed by atoms with Gasteiger partial charge >= 0.3 is 0 Å². The Morgan fingerprint density at radius 1 is 1.24 bits per heavy atom. The number of imidazole rings is 1. The van der Waals surface area contributed by atoms with Gasteiger partial charge in [-0.25, -0.2) is 4.98 Å². The molecule has 3 aromatic rings. The summed E-state index contributed by atoms with van der Waals surface area (Å²) in [5.74, 6) is 1.23. The molecule has 0 bridgehead atoms. The van der Waals surface area contributed by atoms with Crippen LogP contribution in [0.5, 0.6) is 0 Å². The first kappa shape index (κ1) is 14.7. The fourth-order valence-electron chi connectivity index (χ4n) is 4.77. The minimum atomic E-state index is 0.145. The number of hydrogen-bond donors (Lipinski definition) is 1. The predicted octanol–water partition coefficient (Wildman–Crippen LogP) is 3.75. The number of piperidine rings is 1. The summed E-state index contributed by atoms with van der Waals surface area (Å²) in [7, 11) is 0. The zero-order valence-corrected chi connectivity index (χ0v) is 14.3. The number of rotatable bonds is 1. The maximum absolute atomic E-state index is 13.3. The molecule has 1 amide bonds. The summed E-state index contributed by atoms with van der Waals surface area (Å²) in [5.41, 5.74) is 5.42. The molecule has 2 aromatic carbocycles. The second-order valence-electron chi connectivity index (χ2n) is 7.40. The number of carbonyl (C=O) groups is 1. The number of likely N-dealkylation sites (tertiary alicyclic amines) is 1. The molecule has 126 valence electrons. The third-order valence-electron chi connectivity index (χ3n) is 6.02. The summed E-state index contributed by atoms with van der Waals surface area (Å²) >= 11 is 0. The number of hydrogen-bond acceptors (Lipinski definition) is 2. The van der Waals surface area contributed by atoms with Gasteiger partial charge in [0.25, 0.3) is 5.91 Å². The highest BCUT2D eigenvalue weighted by atomic mass is 16.2. The maximum Gasteiger partial charge on any atom is 0.254 e. The highest BCUT2D eigenvalue weighted by molar-refractivity contribution is 5.97. The standard InChI is InChI=1S/C21H21N3O/c1-13-8-9-24(19-11-14-4-2-3-5-16(14)20(13)19)21(25)15-6-7-17-18(10-15)23-12-22-17/h2-7,10,12-13,19-20H,8-9,11H2,1H3,(H,22,23)/t13-,19-,20+/m0/s1. The van der Waals surface area contributed by atoms with Crippen LogP contribution in [0.2, 0.25) is 0 Å². The monoisotopic (exact) mass is 331 g/mol. The van der Waals surface area contributed by atoms with Crippen molar-refractivity contribution in [3.63, 3.8) is 0 Å². The maximum atomic E-state index is 13.3. The van der Waals surface area contributed by atoms with Crippen LogP contribution in [-0.2, 0) is 6.42 Å². The Balaban J connectivity index is 1.50. The topological polar surface area (TPSA) is 49.0 Å². The van der Waals surface area contributed by atoms with Crippen LogP contribution in [0.15, 0.2) is 48.8 Å². The van der Waals surface area contributed by atoms with Crippen molar-refractivity contribution in [1.82, 2.24) is 14.9 Å². The summed E-state index contributed by atoms with van der Waals surface area (Å²) in [4.78, 5) is 22.7. The molecule has 0 radical (unpaired) electrons. The molecule has 1 N–H and O–H groups in total. The fraction of sp³-hybridized carbons (Fsp3) is 0.333. The first-order valence-electron chi connectivity index (χ1n) is 9.04. The number of aromatic nitrogens is 2. The number of benzene rings is 2. The van der Waals surface area contributed by atoms with E-state index in [0.29, 0.717) is 11.8 Å². The van der Waals surface area contributed by atoms with E-state index in [9.17, 15) is 4.79 Å². The van der Waals surface area contributed by atoms with Gasteiger partial charge in [-0.1, -0.05) is 31.2 Å². The molecule has 25 heavy (non-hydrogen) atoms. The van der Waals surface area contributed by atoms with Crippen LogP contribution in [0.3, 0.4) is 0 Å². The van der Waals surface area contributed by atoms with Crippen molar-refractivity contribution in [2.75, 3.05) is 6.54 Å². The van der Waals surface area contributed by atoms with Crippen molar-refractivity contribution in [2.45, 2.75) is 31.7 Å². The van der Waals surface area contributed by atoms with E-state index in [1.54, 1.807) is 6.33 Å². The number of carbonyl (C=O) groups excluding carboxylic acids is 1. The van der Waals surface area contributed by atoms with Crippen molar-refractivity contribution in [2.24, 2.45) is 5.92 Å². The van der Waals surface area contributed by atoms with Gasteiger partial charge in [-0.05, 0) is 48.1 Å². The Morgan fingerprint density at radius 3 is 3.04 bits per heavy atom. The van der Waals surface area contributed by atoms with E-state index in [0.717, 1.165) is 36.0 Å². The van der Waals surface area contributed by atoms with Crippen LogP contribution in [0.25, 0.3) is 11.0 Å². The molecule has 5 rings (SSSR count). The van der Waals surface area contributed by atoms with Crippen LogP contribution in [0.4, 0.5) is 0 Å². The van der Waals surface area contributed by atoms with Gasteiger partial charge in [-0.3, -0.25) is 4.79 Å². The lowest BCUT2D eigenvalue weighted by atomic mass is 9.80. The quantitative estimate of drug-likeness (QED) is 0.738. The molecule has 1 aromatic heterocycles. The largest absolute Gasteiger partial charge is 0.345 e. The lowest BCUT2D eigenvalue weighted by Crippen LogP contribution is -2.48. The molecule has 1 fully saturated rings. The van der Waals surface area contributed by atoms with Gasteiger partial charge in [-0.2, -0.15) is 0 Å². The smallest absolute Gasteiger partial charge is 0.254 e. The molecule has 0 saturated carbocycles. The Bertz CT molecular complexity index is 960.